The Kier molecular flexibility index (Phi) is 3.96. The molecule has 1 aliphatic heterocycles. The van der Waals surface area contributed by atoms with E-state index in [-0.39, 0.29) is 33.9 Å². The van der Waals surface area contributed by atoms with Crippen molar-refractivity contribution >= 4 is 40.4 Å². The van der Waals surface area contributed by atoms with Crippen LogP contribution in [0.4, 0.5) is 20.2 Å². The van der Waals surface area contributed by atoms with Crippen molar-refractivity contribution in [1.29, 1.82) is 0 Å². The van der Waals surface area contributed by atoms with Crippen LogP contribution >= 0.6 is 23.2 Å². The van der Waals surface area contributed by atoms with E-state index in [4.69, 9.17) is 23.2 Å². The number of nitro benzene ring substituents is 1. The number of hydrogen-bond donors (Lipinski definition) is 0. The predicted octanol–water partition coefficient (Wildman–Crippen LogP) is 3.54. The Morgan fingerprint density at radius 3 is 2.55 bits per heavy atom. The number of alkyl halides is 2. The Labute approximate surface area is 122 Å². The Morgan fingerprint density at radius 1 is 1.40 bits per heavy atom. The second kappa shape index (κ2) is 5.37. The minimum atomic E-state index is -2.72. The van der Waals surface area contributed by atoms with Crippen LogP contribution in [0.1, 0.15) is 6.92 Å². The van der Waals surface area contributed by atoms with Crippen LogP contribution in [0.15, 0.2) is 17.2 Å². The Hall–Kier alpha value is -1.67. The van der Waals surface area contributed by atoms with Crippen LogP contribution in [0.25, 0.3) is 0 Å². The van der Waals surface area contributed by atoms with Gasteiger partial charge in [0.25, 0.3) is 5.69 Å². The highest BCUT2D eigenvalue weighted by molar-refractivity contribution is 6.37. The summed E-state index contributed by atoms with van der Waals surface area (Å²) in [7, 11) is 0. The van der Waals surface area contributed by atoms with Crippen molar-refractivity contribution in [3.63, 3.8) is 0 Å². The quantitative estimate of drug-likeness (QED) is 0.484. The van der Waals surface area contributed by atoms with Crippen LogP contribution in [-0.2, 0) is 0 Å². The molecular formula is C10H8Cl2F2N4O2. The Morgan fingerprint density at radius 2 is 2.05 bits per heavy atom. The zero-order valence-electron chi connectivity index (χ0n) is 10.1. The summed E-state index contributed by atoms with van der Waals surface area (Å²) in [6.07, 6.45) is 0. The number of amidine groups is 1. The first kappa shape index (κ1) is 14.7. The summed E-state index contributed by atoms with van der Waals surface area (Å²) in [5.41, 5.74) is -0.223. The Balaban J connectivity index is 2.40. The number of nitro groups is 1. The van der Waals surface area contributed by atoms with E-state index in [2.05, 4.69) is 5.10 Å². The third kappa shape index (κ3) is 2.61. The van der Waals surface area contributed by atoms with Crippen molar-refractivity contribution in [2.24, 2.45) is 5.10 Å². The van der Waals surface area contributed by atoms with Crippen LogP contribution in [0.3, 0.4) is 0 Å². The number of rotatable bonds is 3. The van der Waals surface area contributed by atoms with Gasteiger partial charge in [0.1, 0.15) is 17.5 Å². The van der Waals surface area contributed by atoms with E-state index in [0.717, 1.165) is 16.0 Å². The van der Waals surface area contributed by atoms with Crippen LogP contribution in [0, 0.1) is 10.1 Å². The zero-order valence-corrected chi connectivity index (χ0v) is 11.6. The topological polar surface area (TPSA) is 62.0 Å². The highest BCUT2D eigenvalue weighted by Crippen LogP contribution is 2.37. The summed E-state index contributed by atoms with van der Waals surface area (Å²) in [6.45, 7) is -1.56. The molecule has 2 rings (SSSR count). The first-order valence-electron chi connectivity index (χ1n) is 5.32. The summed E-state index contributed by atoms with van der Waals surface area (Å²) in [5, 5.41) is 15.8. The third-order valence-corrected chi connectivity index (χ3v) is 3.30. The maximum absolute atomic E-state index is 12.7. The summed E-state index contributed by atoms with van der Waals surface area (Å²) >= 11 is 11.6. The number of benzene rings is 1. The molecule has 0 saturated carbocycles. The molecule has 108 valence electrons. The van der Waals surface area contributed by atoms with E-state index in [0.29, 0.717) is 0 Å². The number of hydrogen-bond acceptors (Lipinski definition) is 5. The van der Waals surface area contributed by atoms with Crippen LogP contribution in [-0.4, -0.2) is 28.9 Å². The number of halogens is 4. The molecule has 0 saturated heterocycles. The lowest BCUT2D eigenvalue weighted by Crippen LogP contribution is -2.34. The highest BCUT2D eigenvalue weighted by atomic mass is 35.5. The van der Waals surface area contributed by atoms with Gasteiger partial charge < -0.3 is 0 Å². The van der Waals surface area contributed by atoms with Crippen molar-refractivity contribution in [2.45, 2.75) is 13.5 Å². The average molecular weight is 325 g/mol. The lowest BCUT2D eigenvalue weighted by molar-refractivity contribution is -0.384. The van der Waals surface area contributed by atoms with Gasteiger partial charge in [-0.15, -0.1) is 0 Å². The van der Waals surface area contributed by atoms with Gasteiger partial charge >= 0.3 is 6.55 Å². The molecule has 0 aromatic heterocycles. The molecule has 1 aromatic rings. The second-order valence-corrected chi connectivity index (χ2v) is 4.76. The molecule has 0 aliphatic carbocycles. The van der Waals surface area contributed by atoms with E-state index in [9.17, 15) is 18.9 Å². The predicted molar refractivity (Wildman–Crippen MR) is 71.4 cm³/mol. The maximum Gasteiger partial charge on any atom is 0.317 e. The van der Waals surface area contributed by atoms with Gasteiger partial charge in [0.05, 0.1) is 15.6 Å². The zero-order chi connectivity index (χ0) is 15.0. The molecule has 1 aliphatic rings. The average Bonchev–Trinajstić information content (AvgIpc) is 2.70. The second-order valence-electron chi connectivity index (χ2n) is 3.95. The molecule has 0 atom stereocenters. The van der Waals surface area contributed by atoms with Crippen molar-refractivity contribution in [2.75, 3.05) is 11.7 Å². The van der Waals surface area contributed by atoms with Crippen LogP contribution < -0.4 is 5.01 Å². The van der Waals surface area contributed by atoms with Crippen LogP contribution in [0.2, 0.25) is 10.0 Å². The fourth-order valence-electron chi connectivity index (χ4n) is 1.71. The lowest BCUT2D eigenvalue weighted by atomic mass is 10.2. The molecule has 0 radical (unpaired) electrons. The molecule has 0 fully saturated rings. The molecular weight excluding hydrogens is 317 g/mol. The molecule has 20 heavy (non-hydrogen) atoms. The van der Waals surface area contributed by atoms with Gasteiger partial charge in [0, 0.05) is 6.07 Å². The minimum Gasteiger partial charge on any atom is -0.283 e. The molecule has 10 heteroatoms. The normalized spacial score (nSPS) is 15.0. The fourth-order valence-corrected chi connectivity index (χ4v) is 2.26. The number of hydrazone groups is 1. The smallest absolute Gasteiger partial charge is 0.283 e. The van der Waals surface area contributed by atoms with Gasteiger partial charge in [-0.05, 0) is 13.0 Å². The summed E-state index contributed by atoms with van der Waals surface area (Å²) in [6, 6.07) is 2.29. The van der Waals surface area contributed by atoms with Gasteiger partial charge in [-0.3, -0.25) is 15.0 Å². The SMILES string of the molecule is CC1=NN(c2cc([N+](=O)[O-])c(Cl)cc2Cl)CN1C(F)F. The van der Waals surface area contributed by atoms with E-state index in [1.54, 1.807) is 0 Å². The molecule has 1 heterocycles. The van der Waals surface area contributed by atoms with Gasteiger partial charge in [-0.2, -0.15) is 13.9 Å². The summed E-state index contributed by atoms with van der Waals surface area (Å²) < 4.78 is 25.4. The van der Waals surface area contributed by atoms with E-state index >= 15 is 0 Å². The van der Waals surface area contributed by atoms with Crippen molar-refractivity contribution < 1.29 is 13.7 Å². The van der Waals surface area contributed by atoms with Gasteiger partial charge in [-0.25, -0.2) is 5.01 Å². The van der Waals surface area contributed by atoms with E-state index < -0.39 is 11.5 Å². The van der Waals surface area contributed by atoms with Crippen molar-refractivity contribution in [3.8, 4) is 0 Å². The molecule has 6 nitrogen and oxygen atoms in total. The summed E-state index contributed by atoms with van der Waals surface area (Å²) in [4.78, 5) is 10.9. The molecule has 1 aromatic carbocycles. The van der Waals surface area contributed by atoms with Gasteiger partial charge in [-0.1, -0.05) is 23.2 Å². The first-order valence-corrected chi connectivity index (χ1v) is 6.08. The Bertz CT molecular complexity index is 597. The molecule has 0 amide bonds. The monoisotopic (exact) mass is 324 g/mol. The highest BCUT2D eigenvalue weighted by Gasteiger charge is 2.29. The van der Waals surface area contributed by atoms with Crippen molar-refractivity contribution in [3.05, 3.63) is 32.3 Å². The van der Waals surface area contributed by atoms with Crippen molar-refractivity contribution in [1.82, 2.24) is 4.90 Å². The fraction of sp³-hybridized carbons (Fsp3) is 0.300. The van der Waals surface area contributed by atoms with E-state index in [1.165, 1.54) is 13.0 Å². The number of nitrogens with zero attached hydrogens (tertiary/aromatic N) is 4. The van der Waals surface area contributed by atoms with Gasteiger partial charge in [0.2, 0.25) is 0 Å². The molecule has 0 unspecified atom stereocenters. The maximum atomic E-state index is 12.7. The molecule has 0 N–H and O–H groups in total. The lowest BCUT2D eigenvalue weighted by Gasteiger charge is -2.20. The largest absolute Gasteiger partial charge is 0.317 e. The minimum absolute atomic E-state index is 0.0910. The summed E-state index contributed by atoms with van der Waals surface area (Å²) in [5.74, 6) is 0.0914. The first-order chi connectivity index (χ1) is 9.31. The van der Waals surface area contributed by atoms with Gasteiger partial charge in [0.15, 0.2) is 0 Å². The third-order valence-electron chi connectivity index (χ3n) is 2.69. The van der Waals surface area contributed by atoms with Crippen LogP contribution in [0.5, 0.6) is 0 Å². The molecule has 0 spiro atoms. The standard InChI is InChI=1S/C10H8Cl2F2N4O2/c1-5-15-17(4-16(5)10(13)14)8-3-9(18(19)20)7(12)2-6(8)11/h2-3,10H,4H2,1H3. The molecule has 0 bridgehead atoms. The number of anilines is 1. The van der Waals surface area contributed by atoms with E-state index in [1.807, 2.05) is 0 Å².